The topological polar surface area (TPSA) is 159 Å². The van der Waals surface area contributed by atoms with Crippen molar-refractivity contribution in [3.63, 3.8) is 0 Å². The minimum Gasteiger partial charge on any atom is -0.490 e. The van der Waals surface area contributed by atoms with Crippen LogP contribution < -0.4 is 19.9 Å². The number of carbonyl (C=O) groups is 5. The first kappa shape index (κ1) is 40.1. The highest BCUT2D eigenvalue weighted by molar-refractivity contribution is 7.80. The van der Waals surface area contributed by atoms with E-state index in [9.17, 15) is 29.2 Å². The van der Waals surface area contributed by atoms with Crippen LogP contribution >= 0.6 is 12.2 Å². The lowest BCUT2D eigenvalue weighted by Gasteiger charge is -2.44. The van der Waals surface area contributed by atoms with Gasteiger partial charge in [0.25, 0.3) is 17.7 Å². The Morgan fingerprint density at radius 1 is 0.983 bits per heavy atom. The summed E-state index contributed by atoms with van der Waals surface area (Å²) in [4.78, 5) is 78.1. The molecule has 1 saturated carbocycles. The van der Waals surface area contributed by atoms with Gasteiger partial charge in [0.2, 0.25) is 11.8 Å². The molecule has 5 amide bonds. The smallest absolute Gasteiger partial charge is 0.262 e. The second kappa shape index (κ2) is 15.8. The summed E-state index contributed by atoms with van der Waals surface area (Å²) in [6.45, 7) is 12.1. The zero-order valence-electron chi connectivity index (χ0n) is 33.8. The zero-order valence-corrected chi connectivity index (χ0v) is 34.6. The third-order valence-electron chi connectivity index (χ3n) is 12.7. The number of amides is 5. The van der Waals surface area contributed by atoms with E-state index in [0.29, 0.717) is 40.6 Å². The molecule has 3 aromatic rings. The number of fused-ring (bicyclic) bond motifs is 1. The maximum atomic E-state index is 13.6. The number of rotatable bonds is 11. The number of nitrogens with zero attached hydrogens (tertiary/aromatic N) is 7. The first-order chi connectivity index (χ1) is 28.3. The van der Waals surface area contributed by atoms with Gasteiger partial charge in [-0.1, -0.05) is 13.0 Å². The summed E-state index contributed by atoms with van der Waals surface area (Å²) < 4.78 is 6.27. The highest BCUT2D eigenvalue weighted by atomic mass is 32.1. The fourth-order valence-electron chi connectivity index (χ4n) is 8.98. The Hall–Kier alpha value is -5.72. The van der Waals surface area contributed by atoms with Crippen molar-refractivity contribution in [2.75, 3.05) is 36.0 Å². The van der Waals surface area contributed by atoms with Gasteiger partial charge in [0, 0.05) is 57.7 Å². The molecule has 15 heteroatoms. The Bertz CT molecular complexity index is 2280. The number of pyridine rings is 1. The number of piperidine rings is 2. The van der Waals surface area contributed by atoms with Gasteiger partial charge in [-0.15, -0.1) is 0 Å². The predicted octanol–water partition coefficient (Wildman–Crippen LogP) is 4.72. The van der Waals surface area contributed by atoms with E-state index in [0.717, 1.165) is 73.7 Å². The van der Waals surface area contributed by atoms with Gasteiger partial charge in [0.05, 0.1) is 28.4 Å². The predicted molar refractivity (Wildman–Crippen MR) is 223 cm³/mol. The maximum Gasteiger partial charge on any atom is 0.262 e. The average Bonchev–Trinajstić information content (AvgIpc) is 3.54. The van der Waals surface area contributed by atoms with Crippen LogP contribution in [0.5, 0.6) is 5.75 Å². The lowest BCUT2D eigenvalue weighted by Crippen LogP contribution is -2.54. The molecule has 5 heterocycles. The minimum atomic E-state index is -0.999. The minimum absolute atomic E-state index is 0.000189. The van der Waals surface area contributed by atoms with Crippen LogP contribution in [0.4, 0.5) is 11.5 Å². The molecule has 1 N–H and O–H groups in total. The summed E-state index contributed by atoms with van der Waals surface area (Å²) in [5.74, 6) is -0.180. The van der Waals surface area contributed by atoms with Crippen LogP contribution in [0.25, 0.3) is 0 Å². The number of carbonyl (C=O) groups excluding carboxylic acids is 5. The molecule has 1 unspecified atom stereocenters. The number of anilines is 2. The van der Waals surface area contributed by atoms with Crippen molar-refractivity contribution in [2.45, 2.75) is 96.5 Å². The van der Waals surface area contributed by atoms with Gasteiger partial charge in [-0.3, -0.25) is 39.1 Å². The Kier molecular flexibility index (Phi) is 10.7. The third-order valence-corrected chi connectivity index (χ3v) is 13.1. The molecular formula is C44H48N8O6S. The molecule has 59 heavy (non-hydrogen) atoms. The summed E-state index contributed by atoms with van der Waals surface area (Å²) in [6, 6.07) is 15.9. The van der Waals surface area contributed by atoms with E-state index < -0.39 is 35.2 Å². The van der Waals surface area contributed by atoms with Crippen LogP contribution in [-0.4, -0.2) is 104 Å². The number of aromatic nitrogens is 1. The number of hydrogen-bond donors (Lipinski definition) is 1. The fraction of sp³-hybridized carbons (Fsp3) is 0.455. The molecule has 0 spiro atoms. The number of thiocarbonyl (C=S) groups is 1. The van der Waals surface area contributed by atoms with Crippen LogP contribution in [0, 0.1) is 24.2 Å². The second-order valence-corrected chi connectivity index (χ2v) is 17.1. The highest BCUT2D eigenvalue weighted by Gasteiger charge is 2.50. The van der Waals surface area contributed by atoms with Crippen molar-refractivity contribution in [1.29, 1.82) is 5.26 Å². The van der Waals surface area contributed by atoms with E-state index in [2.05, 4.69) is 40.2 Å². The number of ether oxygens (including phenoxy) is 1. The Morgan fingerprint density at radius 3 is 2.39 bits per heavy atom. The molecule has 4 aliphatic heterocycles. The molecule has 4 fully saturated rings. The highest BCUT2D eigenvalue weighted by Crippen LogP contribution is 2.37. The zero-order chi connectivity index (χ0) is 41.7. The number of imide groups is 2. The number of nitrogens with one attached hydrogen (secondary N) is 1. The summed E-state index contributed by atoms with van der Waals surface area (Å²) >= 11 is 5.85. The molecule has 0 bridgehead atoms. The molecule has 306 valence electrons. The quantitative estimate of drug-likeness (QED) is 0.210. The standard InChI is InChI=1S/C44H48N8O6S/c1-5-48(31-19-33(20-31)58-32-9-10-34-35(21-32)41(56)52(40(34)55)36-11-13-38(53)47-39(36)54)24-27-14-16-49(17-15-27)37-12-6-28(23-46-37)25-50-43(59)51(42(57)44(50,3)4)30-8-7-29(22-45)26(2)18-30/h6-10,12,18,21,23,27,31,33,36H,5,11,13-17,19-20,24-25H2,1-4H3,(H,47,53,54)/t31-,33-,36?. The van der Waals surface area contributed by atoms with Gasteiger partial charge in [-0.2, -0.15) is 5.26 Å². The molecule has 14 nitrogen and oxygen atoms in total. The van der Waals surface area contributed by atoms with Crippen molar-refractivity contribution in [2.24, 2.45) is 5.92 Å². The van der Waals surface area contributed by atoms with E-state index >= 15 is 0 Å². The van der Waals surface area contributed by atoms with Gasteiger partial charge in [-0.25, -0.2) is 4.98 Å². The Labute approximate surface area is 349 Å². The Morgan fingerprint density at radius 2 is 1.73 bits per heavy atom. The van der Waals surface area contributed by atoms with E-state index in [4.69, 9.17) is 21.9 Å². The largest absolute Gasteiger partial charge is 0.490 e. The molecular weight excluding hydrogens is 769 g/mol. The monoisotopic (exact) mass is 816 g/mol. The SMILES string of the molecule is CCN(CC1CCN(c2ccc(CN3C(=S)N(c4ccc(C#N)c(C)c4)C(=O)C3(C)C)cn2)CC1)[C@H]1C[C@H](Oc2ccc3c(c2)C(=O)N(C2CCC(=O)NC2=O)C3=O)C1. The molecule has 5 aliphatic rings. The van der Waals surface area contributed by atoms with Crippen molar-refractivity contribution >= 4 is 58.4 Å². The summed E-state index contributed by atoms with van der Waals surface area (Å²) in [6.07, 6.45) is 5.94. The fourth-order valence-corrected chi connectivity index (χ4v) is 9.46. The first-order valence-corrected chi connectivity index (χ1v) is 20.8. The number of aryl methyl sites for hydroxylation is 1. The summed E-state index contributed by atoms with van der Waals surface area (Å²) in [5, 5.41) is 12.0. The Balaban J connectivity index is 0.803. The second-order valence-electron chi connectivity index (χ2n) is 16.7. The third kappa shape index (κ3) is 7.44. The molecule has 1 aliphatic carbocycles. The first-order valence-electron chi connectivity index (χ1n) is 20.4. The number of hydrogen-bond acceptors (Lipinski definition) is 11. The van der Waals surface area contributed by atoms with Crippen LogP contribution in [0.2, 0.25) is 0 Å². The lowest BCUT2D eigenvalue weighted by molar-refractivity contribution is -0.136. The van der Waals surface area contributed by atoms with E-state index in [1.165, 1.54) is 0 Å². The molecule has 2 aromatic carbocycles. The summed E-state index contributed by atoms with van der Waals surface area (Å²) in [5.41, 5.74) is 2.59. The molecule has 3 saturated heterocycles. The normalized spacial score (nSPS) is 23.2. The number of nitriles is 1. The van der Waals surface area contributed by atoms with E-state index in [1.54, 1.807) is 35.2 Å². The van der Waals surface area contributed by atoms with Gasteiger partial charge >= 0.3 is 0 Å². The van der Waals surface area contributed by atoms with Gasteiger partial charge in [0.15, 0.2) is 5.11 Å². The average molecular weight is 817 g/mol. The summed E-state index contributed by atoms with van der Waals surface area (Å²) in [7, 11) is 0. The van der Waals surface area contributed by atoms with Crippen LogP contribution in [-0.2, 0) is 20.9 Å². The van der Waals surface area contributed by atoms with Crippen molar-refractivity contribution < 1.29 is 28.7 Å². The van der Waals surface area contributed by atoms with Crippen molar-refractivity contribution in [1.82, 2.24) is 25.0 Å². The van der Waals surface area contributed by atoms with Gasteiger partial charge in [-0.05, 0) is 118 Å². The molecule has 8 rings (SSSR count). The van der Waals surface area contributed by atoms with Crippen molar-refractivity contribution in [3.05, 3.63) is 82.5 Å². The van der Waals surface area contributed by atoms with E-state index in [-0.39, 0.29) is 36.0 Å². The van der Waals surface area contributed by atoms with Crippen molar-refractivity contribution in [3.8, 4) is 11.8 Å². The molecule has 0 radical (unpaired) electrons. The van der Waals surface area contributed by atoms with E-state index in [1.807, 2.05) is 37.9 Å². The van der Waals surface area contributed by atoms with Crippen LogP contribution in [0.3, 0.4) is 0 Å². The van der Waals surface area contributed by atoms with Crippen LogP contribution in [0.15, 0.2) is 54.7 Å². The van der Waals surface area contributed by atoms with Gasteiger partial charge < -0.3 is 19.4 Å². The maximum absolute atomic E-state index is 13.6. The molecule has 1 aromatic heterocycles. The van der Waals surface area contributed by atoms with Gasteiger partial charge in [0.1, 0.15) is 29.3 Å². The molecule has 1 atom stereocenters. The lowest BCUT2D eigenvalue weighted by atomic mass is 9.86. The number of benzene rings is 2. The van der Waals surface area contributed by atoms with Crippen LogP contribution in [0.1, 0.15) is 96.7 Å².